The predicted molar refractivity (Wildman–Crippen MR) is 144 cm³/mol. The van der Waals surface area contributed by atoms with Gasteiger partial charge in [0.2, 0.25) is 5.91 Å². The number of nitrogens with zero attached hydrogens (tertiary/aromatic N) is 1. The summed E-state index contributed by atoms with van der Waals surface area (Å²) in [4.78, 5) is 30.5. The van der Waals surface area contributed by atoms with E-state index in [0.717, 1.165) is 27.9 Å². The van der Waals surface area contributed by atoms with Gasteiger partial charge in [-0.1, -0.05) is 36.4 Å². The van der Waals surface area contributed by atoms with E-state index in [1.54, 1.807) is 12.1 Å². The molecule has 190 valence electrons. The molecule has 0 radical (unpaired) electrons. The summed E-state index contributed by atoms with van der Waals surface area (Å²) in [5.74, 6) is 0.522. The summed E-state index contributed by atoms with van der Waals surface area (Å²) in [6.07, 6.45) is 0.173. The molecule has 0 fully saturated rings. The topological polar surface area (TPSA) is 75.7 Å². The predicted octanol–water partition coefficient (Wildman–Crippen LogP) is 5.23. The number of likely N-dealkylation sites (N-methyl/N-ethyl adjacent to an activating group) is 1. The number of benzene rings is 3. The summed E-state index contributed by atoms with van der Waals surface area (Å²) in [5.41, 5.74) is 5.61. The lowest BCUT2D eigenvalue weighted by molar-refractivity contribution is -0.120. The minimum atomic E-state index is -0.323. The smallest absolute Gasteiger partial charge is 0.224 e. The maximum Gasteiger partial charge on any atom is 0.224 e. The fourth-order valence-corrected chi connectivity index (χ4v) is 3.52. The summed E-state index contributed by atoms with van der Waals surface area (Å²) in [7, 11) is 3.94. The summed E-state index contributed by atoms with van der Waals surface area (Å²) >= 11 is 0. The van der Waals surface area contributed by atoms with E-state index >= 15 is 0 Å². The lowest BCUT2D eigenvalue weighted by Gasteiger charge is -2.22. The fraction of sp³-hybridized carbons (Fsp3) is 0.207. The van der Waals surface area contributed by atoms with Crippen molar-refractivity contribution in [3.63, 3.8) is 0 Å². The molecule has 0 saturated heterocycles. The Balaban J connectivity index is 0.00000154. The van der Waals surface area contributed by atoms with E-state index in [4.69, 9.17) is 14.3 Å². The number of carbonyl (C=O) groups excluding carboxylic acids is 3. The second-order valence-electron chi connectivity index (χ2n) is 7.90. The van der Waals surface area contributed by atoms with E-state index in [9.17, 15) is 9.18 Å². The molecule has 0 aromatic heterocycles. The molecule has 0 aliphatic heterocycles. The van der Waals surface area contributed by atoms with Crippen LogP contribution in [0.15, 0.2) is 67.2 Å². The van der Waals surface area contributed by atoms with Crippen LogP contribution in [0.25, 0.3) is 16.9 Å². The Kier molecular flexibility index (Phi) is 12.3. The van der Waals surface area contributed by atoms with Crippen LogP contribution in [0.2, 0.25) is 0 Å². The molecule has 36 heavy (non-hydrogen) atoms. The second-order valence-corrected chi connectivity index (χ2v) is 7.90. The zero-order valence-electron chi connectivity index (χ0n) is 21.3. The molecule has 0 unspecified atom stereocenters. The van der Waals surface area contributed by atoms with E-state index in [2.05, 4.69) is 37.0 Å². The first kappa shape index (κ1) is 29.8. The third kappa shape index (κ3) is 8.20. The number of hydrogen-bond donors (Lipinski definition) is 1. The second kappa shape index (κ2) is 14.9. The van der Waals surface area contributed by atoms with Crippen molar-refractivity contribution in [2.24, 2.45) is 0 Å². The molecule has 0 aliphatic carbocycles. The first-order valence-corrected chi connectivity index (χ1v) is 11.2. The van der Waals surface area contributed by atoms with Crippen molar-refractivity contribution < 1.29 is 23.5 Å². The van der Waals surface area contributed by atoms with E-state index in [1.165, 1.54) is 12.1 Å². The van der Waals surface area contributed by atoms with Crippen molar-refractivity contribution in [2.75, 3.05) is 25.5 Å². The normalized spacial score (nSPS) is 9.58. The quantitative estimate of drug-likeness (QED) is 0.436. The summed E-state index contributed by atoms with van der Waals surface area (Å²) in [6, 6.07) is 18.2. The number of anilines is 1. The highest BCUT2D eigenvalue weighted by Crippen LogP contribution is 2.38. The van der Waals surface area contributed by atoms with Gasteiger partial charge >= 0.3 is 0 Å². The maximum absolute atomic E-state index is 13.3. The lowest BCUT2D eigenvalue weighted by atomic mass is 9.97. The van der Waals surface area contributed by atoms with Gasteiger partial charge in [0.1, 0.15) is 30.9 Å². The summed E-state index contributed by atoms with van der Waals surface area (Å²) in [5, 5.41) is 2.85. The highest BCUT2D eigenvalue weighted by molar-refractivity contribution is 5.85. The largest absolute Gasteiger partial charge is 0.457 e. The highest BCUT2D eigenvalue weighted by atomic mass is 19.1. The molecule has 0 heterocycles. The molecule has 3 rings (SSSR count). The lowest BCUT2D eigenvalue weighted by Crippen LogP contribution is -2.24. The number of hydrogen-bond acceptors (Lipinski definition) is 5. The van der Waals surface area contributed by atoms with Crippen LogP contribution in [0, 0.1) is 12.7 Å². The molecule has 0 bridgehead atoms. The fourth-order valence-electron chi connectivity index (χ4n) is 3.52. The minimum absolute atomic E-state index is 0.0856. The van der Waals surface area contributed by atoms with Gasteiger partial charge in [-0.15, -0.1) is 0 Å². The van der Waals surface area contributed by atoms with E-state index in [0.29, 0.717) is 23.6 Å². The van der Waals surface area contributed by atoms with Crippen molar-refractivity contribution >= 4 is 30.9 Å². The van der Waals surface area contributed by atoms with Gasteiger partial charge in [0.05, 0.1) is 6.42 Å². The van der Waals surface area contributed by atoms with Crippen LogP contribution < -0.4 is 15.0 Å². The van der Waals surface area contributed by atoms with Crippen LogP contribution >= 0.6 is 0 Å². The van der Waals surface area contributed by atoms with Crippen LogP contribution in [0.5, 0.6) is 5.75 Å². The van der Waals surface area contributed by atoms with Crippen molar-refractivity contribution in [3.8, 4) is 16.9 Å². The molecule has 3 aromatic carbocycles. The van der Waals surface area contributed by atoms with E-state index in [1.807, 2.05) is 57.7 Å². The third-order valence-electron chi connectivity index (χ3n) is 5.11. The monoisotopic (exact) mass is 492 g/mol. The number of aryl methyl sites for hydroxylation is 1. The van der Waals surface area contributed by atoms with Gasteiger partial charge in [0, 0.05) is 49.1 Å². The first-order valence-electron chi connectivity index (χ1n) is 11.2. The minimum Gasteiger partial charge on any atom is -0.457 e. The number of carbonyl (C=O) groups is 3. The Hall–Kier alpha value is -4.26. The maximum atomic E-state index is 13.3. The van der Waals surface area contributed by atoms with Crippen molar-refractivity contribution in [1.82, 2.24) is 5.32 Å². The summed E-state index contributed by atoms with van der Waals surface area (Å²) in [6.45, 7) is 12.5. The van der Waals surface area contributed by atoms with Gasteiger partial charge in [-0.2, -0.15) is 0 Å². The van der Waals surface area contributed by atoms with Gasteiger partial charge < -0.3 is 24.5 Å². The Morgan fingerprint density at radius 1 is 1.00 bits per heavy atom. The van der Waals surface area contributed by atoms with Gasteiger partial charge in [-0.05, 0) is 49.7 Å². The van der Waals surface area contributed by atoms with Gasteiger partial charge in [0.25, 0.3) is 0 Å². The number of amides is 1. The molecular formula is C29H33FN2O4. The van der Waals surface area contributed by atoms with E-state index < -0.39 is 0 Å². The molecule has 1 amide bonds. The molecule has 0 saturated carbocycles. The van der Waals surface area contributed by atoms with Crippen LogP contribution in [-0.2, 0) is 20.8 Å². The molecule has 6 nitrogen and oxygen atoms in total. The standard InChI is InChI=1S/C27H29FN2O2.2CH2O/c1-6-29-27(31)16-22-15-24(21-9-7-8-18(2)14-21)25(30(4)5)17-26(22)32-19(3)20-10-12-23(28)13-11-20;2*1-2/h7-15,17H,3,6,16H2,1-2,4-5H3,(H,29,31);2*1H2. The molecule has 0 atom stereocenters. The Bertz CT molecular complexity index is 1160. The third-order valence-corrected chi connectivity index (χ3v) is 5.11. The van der Waals surface area contributed by atoms with Crippen LogP contribution in [-0.4, -0.2) is 40.1 Å². The zero-order chi connectivity index (χ0) is 27.3. The Labute approximate surface area is 212 Å². The summed E-state index contributed by atoms with van der Waals surface area (Å²) < 4.78 is 19.4. The average molecular weight is 493 g/mol. The molecule has 0 spiro atoms. The Morgan fingerprint density at radius 2 is 1.64 bits per heavy atom. The first-order chi connectivity index (χ1) is 17.3. The number of ether oxygens (including phenoxy) is 1. The molecule has 7 heteroatoms. The van der Waals surface area contributed by atoms with Crippen LogP contribution in [0.3, 0.4) is 0 Å². The van der Waals surface area contributed by atoms with Crippen molar-refractivity contribution in [2.45, 2.75) is 20.3 Å². The molecular weight excluding hydrogens is 459 g/mol. The number of nitrogens with one attached hydrogen (secondary N) is 1. The van der Waals surface area contributed by atoms with Crippen molar-refractivity contribution in [1.29, 1.82) is 0 Å². The van der Waals surface area contributed by atoms with Gasteiger partial charge in [0.15, 0.2) is 0 Å². The van der Waals surface area contributed by atoms with Gasteiger partial charge in [-0.25, -0.2) is 4.39 Å². The molecule has 1 N–H and O–H groups in total. The SMILES string of the molecule is C=C(Oc1cc(N(C)C)c(-c2cccc(C)c2)cc1CC(=O)NCC)c1ccc(F)cc1.C=O.C=O. The highest BCUT2D eigenvalue weighted by Gasteiger charge is 2.18. The van der Waals surface area contributed by atoms with E-state index in [-0.39, 0.29) is 18.1 Å². The number of halogens is 1. The zero-order valence-corrected chi connectivity index (χ0v) is 21.3. The Morgan fingerprint density at radius 3 is 2.19 bits per heavy atom. The average Bonchev–Trinajstić information content (AvgIpc) is 2.87. The van der Waals surface area contributed by atoms with Crippen molar-refractivity contribution in [3.05, 3.63) is 89.8 Å². The van der Waals surface area contributed by atoms with Gasteiger partial charge in [-0.3, -0.25) is 4.79 Å². The van der Waals surface area contributed by atoms with Crippen LogP contribution in [0.4, 0.5) is 10.1 Å². The van der Waals surface area contributed by atoms with Crippen LogP contribution in [0.1, 0.15) is 23.6 Å². The molecule has 3 aromatic rings. The number of rotatable bonds is 8. The molecule has 0 aliphatic rings.